The van der Waals surface area contributed by atoms with Crippen LogP contribution < -0.4 is 14.5 Å². The molecule has 0 atom stereocenters. The zero-order valence-corrected chi connectivity index (χ0v) is 18.3. The second-order valence-corrected chi connectivity index (χ2v) is 9.38. The van der Waals surface area contributed by atoms with E-state index in [1.54, 1.807) is 6.07 Å². The van der Waals surface area contributed by atoms with Crippen molar-refractivity contribution in [2.45, 2.75) is 19.8 Å². The van der Waals surface area contributed by atoms with Crippen molar-refractivity contribution < 1.29 is 17.9 Å². The smallest absolute Gasteiger partial charge is 0.232 e. The molecule has 1 N–H and O–H groups in total. The number of anilines is 3. The lowest BCUT2D eigenvalue weighted by Crippen LogP contribution is -2.36. The Morgan fingerprint density at radius 3 is 2.47 bits per heavy atom. The van der Waals surface area contributed by atoms with E-state index in [4.69, 9.17) is 4.74 Å². The van der Waals surface area contributed by atoms with E-state index in [9.17, 15) is 13.2 Å². The maximum Gasteiger partial charge on any atom is 0.232 e. The van der Waals surface area contributed by atoms with Gasteiger partial charge in [0.05, 0.1) is 25.2 Å². The normalized spacial score (nSPS) is 14.4. The summed E-state index contributed by atoms with van der Waals surface area (Å²) in [5, 5.41) is 2.88. The molecule has 0 radical (unpaired) electrons. The molecule has 1 heterocycles. The fraction of sp³-hybridized carbons (Fsp3) is 0.409. The number of aryl methyl sites for hydroxylation is 1. The van der Waals surface area contributed by atoms with Crippen LogP contribution in [0.4, 0.5) is 17.1 Å². The first-order chi connectivity index (χ1) is 14.3. The van der Waals surface area contributed by atoms with Gasteiger partial charge in [0.15, 0.2) is 0 Å². The predicted octanol–water partition coefficient (Wildman–Crippen LogP) is 3.02. The van der Waals surface area contributed by atoms with Crippen LogP contribution in [0.2, 0.25) is 0 Å². The van der Waals surface area contributed by atoms with Gasteiger partial charge in [-0.3, -0.25) is 9.10 Å². The van der Waals surface area contributed by atoms with E-state index in [1.165, 1.54) is 10.6 Å². The molecule has 0 unspecified atom stereocenters. The van der Waals surface area contributed by atoms with Crippen LogP contribution in [0.15, 0.2) is 48.5 Å². The first kappa shape index (κ1) is 22.1. The van der Waals surface area contributed by atoms with Crippen LogP contribution in [-0.4, -0.2) is 53.4 Å². The number of hydrogen-bond donors (Lipinski definition) is 1. The van der Waals surface area contributed by atoms with Gasteiger partial charge in [0.1, 0.15) is 0 Å². The standard InChI is InChI=1S/C22H29N3O4S/c1-18-5-3-6-21(17-18)25(30(2,27)28)12-4-7-22(26)23-19-8-10-20(11-9-19)24-13-15-29-16-14-24/h3,5-6,8-11,17H,4,7,12-16H2,1-2H3,(H,23,26). The number of sulfonamides is 1. The molecule has 1 fully saturated rings. The Balaban J connectivity index is 1.52. The molecule has 1 amide bonds. The van der Waals surface area contributed by atoms with Crippen LogP contribution in [0.3, 0.4) is 0 Å². The van der Waals surface area contributed by atoms with Crippen molar-refractivity contribution in [1.82, 2.24) is 0 Å². The van der Waals surface area contributed by atoms with Crippen LogP contribution in [0, 0.1) is 6.92 Å². The highest BCUT2D eigenvalue weighted by atomic mass is 32.2. The fourth-order valence-electron chi connectivity index (χ4n) is 3.45. The van der Waals surface area contributed by atoms with Crippen LogP contribution in [0.5, 0.6) is 0 Å². The Labute approximate surface area is 178 Å². The summed E-state index contributed by atoms with van der Waals surface area (Å²) in [5.41, 5.74) is 3.45. The topological polar surface area (TPSA) is 79.0 Å². The van der Waals surface area contributed by atoms with E-state index < -0.39 is 10.0 Å². The summed E-state index contributed by atoms with van der Waals surface area (Å²) in [6.45, 7) is 5.36. The molecule has 1 aliphatic heterocycles. The average Bonchev–Trinajstić information content (AvgIpc) is 2.71. The van der Waals surface area contributed by atoms with Crippen molar-refractivity contribution in [2.24, 2.45) is 0 Å². The van der Waals surface area contributed by atoms with Gasteiger partial charge in [-0.1, -0.05) is 12.1 Å². The minimum atomic E-state index is -3.42. The highest BCUT2D eigenvalue weighted by Gasteiger charge is 2.18. The lowest BCUT2D eigenvalue weighted by molar-refractivity contribution is -0.116. The molecule has 0 aromatic heterocycles. The third-order valence-electron chi connectivity index (χ3n) is 4.98. The lowest BCUT2D eigenvalue weighted by atomic mass is 10.2. The summed E-state index contributed by atoms with van der Waals surface area (Å²) in [7, 11) is -3.42. The predicted molar refractivity (Wildman–Crippen MR) is 121 cm³/mol. The molecule has 162 valence electrons. The molecule has 2 aromatic rings. The number of nitrogens with one attached hydrogen (secondary N) is 1. The molecular formula is C22H29N3O4S. The number of rotatable bonds is 8. The van der Waals surface area contributed by atoms with E-state index >= 15 is 0 Å². The number of carbonyl (C=O) groups excluding carboxylic acids is 1. The third kappa shape index (κ3) is 6.21. The van der Waals surface area contributed by atoms with Crippen LogP contribution in [-0.2, 0) is 19.6 Å². The van der Waals surface area contributed by atoms with E-state index in [-0.39, 0.29) is 18.9 Å². The van der Waals surface area contributed by atoms with Crippen molar-refractivity contribution in [3.05, 3.63) is 54.1 Å². The molecular weight excluding hydrogens is 402 g/mol. The zero-order chi connectivity index (χ0) is 21.6. The summed E-state index contributed by atoms with van der Waals surface area (Å²) in [6, 6.07) is 15.1. The zero-order valence-electron chi connectivity index (χ0n) is 17.5. The summed E-state index contributed by atoms with van der Waals surface area (Å²) in [6.07, 6.45) is 1.85. The maximum absolute atomic E-state index is 12.3. The van der Waals surface area contributed by atoms with Crippen molar-refractivity contribution in [3.8, 4) is 0 Å². The van der Waals surface area contributed by atoms with Crippen molar-refractivity contribution in [3.63, 3.8) is 0 Å². The van der Waals surface area contributed by atoms with Gasteiger partial charge in [-0.15, -0.1) is 0 Å². The molecule has 0 aliphatic carbocycles. The molecule has 0 bridgehead atoms. The van der Waals surface area contributed by atoms with Crippen LogP contribution in [0.1, 0.15) is 18.4 Å². The summed E-state index contributed by atoms with van der Waals surface area (Å²) in [4.78, 5) is 14.6. The van der Waals surface area contributed by atoms with Crippen molar-refractivity contribution in [2.75, 3.05) is 53.6 Å². The Morgan fingerprint density at radius 1 is 1.13 bits per heavy atom. The quantitative estimate of drug-likeness (QED) is 0.695. The molecule has 7 nitrogen and oxygen atoms in total. The van der Waals surface area contributed by atoms with Gasteiger partial charge in [-0.2, -0.15) is 0 Å². The Hall–Kier alpha value is -2.58. The second kappa shape index (κ2) is 9.95. The first-order valence-corrected chi connectivity index (χ1v) is 11.9. The molecule has 8 heteroatoms. The molecule has 30 heavy (non-hydrogen) atoms. The fourth-order valence-corrected chi connectivity index (χ4v) is 4.41. The summed E-state index contributed by atoms with van der Waals surface area (Å²) < 4.78 is 31.1. The number of carbonyl (C=O) groups is 1. The molecule has 0 spiro atoms. The van der Waals surface area contributed by atoms with Gasteiger partial charge in [0.25, 0.3) is 0 Å². The molecule has 2 aromatic carbocycles. The minimum absolute atomic E-state index is 0.133. The van der Waals surface area contributed by atoms with E-state index in [0.29, 0.717) is 12.1 Å². The Kier molecular flexibility index (Phi) is 7.33. The van der Waals surface area contributed by atoms with Gasteiger partial charge < -0.3 is 15.0 Å². The van der Waals surface area contributed by atoms with Gasteiger partial charge in [-0.25, -0.2) is 8.42 Å². The summed E-state index contributed by atoms with van der Waals surface area (Å²) >= 11 is 0. The Morgan fingerprint density at radius 2 is 1.83 bits per heavy atom. The number of morpholine rings is 1. The molecule has 0 saturated carbocycles. The third-order valence-corrected chi connectivity index (χ3v) is 6.18. The number of benzene rings is 2. The van der Waals surface area contributed by atoms with Crippen LogP contribution >= 0.6 is 0 Å². The van der Waals surface area contributed by atoms with Crippen molar-refractivity contribution in [1.29, 1.82) is 0 Å². The maximum atomic E-state index is 12.3. The molecule has 1 aliphatic rings. The number of hydrogen-bond acceptors (Lipinski definition) is 5. The van der Waals surface area contributed by atoms with E-state index in [2.05, 4.69) is 10.2 Å². The van der Waals surface area contributed by atoms with Gasteiger partial charge in [0, 0.05) is 37.4 Å². The largest absolute Gasteiger partial charge is 0.378 e. The van der Waals surface area contributed by atoms with Gasteiger partial charge in [0.2, 0.25) is 15.9 Å². The van der Waals surface area contributed by atoms with E-state index in [0.717, 1.165) is 43.2 Å². The monoisotopic (exact) mass is 431 g/mol. The molecule has 1 saturated heterocycles. The number of ether oxygens (including phenoxy) is 1. The average molecular weight is 432 g/mol. The number of nitrogens with zero attached hydrogens (tertiary/aromatic N) is 2. The molecule has 3 rings (SSSR count). The highest BCUT2D eigenvalue weighted by Crippen LogP contribution is 2.21. The van der Waals surface area contributed by atoms with Crippen LogP contribution in [0.25, 0.3) is 0 Å². The minimum Gasteiger partial charge on any atom is -0.378 e. The SMILES string of the molecule is Cc1cccc(N(CCCC(=O)Nc2ccc(N3CCOCC3)cc2)S(C)(=O)=O)c1. The van der Waals surface area contributed by atoms with Gasteiger partial charge >= 0.3 is 0 Å². The highest BCUT2D eigenvalue weighted by molar-refractivity contribution is 7.92. The van der Waals surface area contributed by atoms with Crippen molar-refractivity contribution >= 4 is 33.0 Å². The first-order valence-electron chi connectivity index (χ1n) is 10.1. The lowest BCUT2D eigenvalue weighted by Gasteiger charge is -2.28. The van der Waals surface area contributed by atoms with Gasteiger partial charge in [-0.05, 0) is 55.3 Å². The Bertz CT molecular complexity index is 955. The summed E-state index contributed by atoms with van der Waals surface area (Å²) in [5.74, 6) is -0.133. The second-order valence-electron chi connectivity index (χ2n) is 7.47. The van der Waals surface area contributed by atoms with E-state index in [1.807, 2.05) is 49.4 Å². The number of amides is 1.